The Morgan fingerprint density at radius 1 is 1.29 bits per heavy atom. The summed E-state index contributed by atoms with van der Waals surface area (Å²) in [4.78, 5) is 2.51. The molecule has 0 aromatic rings. The minimum atomic E-state index is 0.626. The molecule has 14 heavy (non-hydrogen) atoms. The van der Waals surface area contributed by atoms with Crippen molar-refractivity contribution in [2.75, 3.05) is 19.5 Å². The average molecular weight is 218 g/mol. The molecule has 0 aromatic carbocycles. The molecule has 1 atom stereocenters. The van der Waals surface area contributed by atoms with Crippen LogP contribution in [0.15, 0.2) is 0 Å². The Morgan fingerprint density at radius 3 is 2.36 bits per heavy atom. The van der Waals surface area contributed by atoms with E-state index in [-0.39, 0.29) is 0 Å². The number of hydrogen-bond donors (Lipinski definition) is 0. The van der Waals surface area contributed by atoms with E-state index in [2.05, 4.69) is 25.8 Å². The first-order valence-electron chi connectivity index (χ1n) is 5.89. The molecule has 2 heteroatoms. The SMILES string of the molecule is CC1CCC(N(C)CC(C)CCl)CC1. The average Bonchev–Trinajstić information content (AvgIpc) is 2.18. The number of hydrogen-bond acceptors (Lipinski definition) is 1. The summed E-state index contributed by atoms with van der Waals surface area (Å²) in [7, 11) is 2.25. The van der Waals surface area contributed by atoms with Gasteiger partial charge in [-0.05, 0) is 44.6 Å². The van der Waals surface area contributed by atoms with Crippen LogP contribution in [0.25, 0.3) is 0 Å². The van der Waals surface area contributed by atoms with E-state index in [1.165, 1.54) is 25.7 Å². The van der Waals surface area contributed by atoms with Crippen molar-refractivity contribution in [3.63, 3.8) is 0 Å². The predicted octanol–water partition coefficient (Wildman–Crippen LogP) is 3.37. The minimum absolute atomic E-state index is 0.626. The molecular formula is C12H24ClN. The van der Waals surface area contributed by atoms with Crippen molar-refractivity contribution in [1.82, 2.24) is 4.90 Å². The molecule has 0 aliphatic heterocycles. The van der Waals surface area contributed by atoms with E-state index in [1.807, 2.05) is 0 Å². The van der Waals surface area contributed by atoms with Crippen molar-refractivity contribution in [2.24, 2.45) is 11.8 Å². The highest BCUT2D eigenvalue weighted by molar-refractivity contribution is 6.18. The molecule has 0 amide bonds. The van der Waals surface area contributed by atoms with Crippen LogP contribution >= 0.6 is 11.6 Å². The van der Waals surface area contributed by atoms with Gasteiger partial charge in [-0.15, -0.1) is 11.6 Å². The zero-order chi connectivity index (χ0) is 10.6. The molecule has 0 bridgehead atoms. The van der Waals surface area contributed by atoms with Crippen LogP contribution in [0.4, 0.5) is 0 Å². The van der Waals surface area contributed by atoms with E-state index in [0.717, 1.165) is 24.4 Å². The van der Waals surface area contributed by atoms with Gasteiger partial charge in [0.05, 0.1) is 0 Å². The van der Waals surface area contributed by atoms with Crippen LogP contribution in [-0.4, -0.2) is 30.4 Å². The highest BCUT2D eigenvalue weighted by atomic mass is 35.5. The molecule has 0 saturated heterocycles. The fourth-order valence-electron chi connectivity index (χ4n) is 2.37. The maximum Gasteiger partial charge on any atom is 0.0261 e. The van der Waals surface area contributed by atoms with Gasteiger partial charge in [0.1, 0.15) is 0 Å². The molecule has 1 rings (SSSR count). The maximum absolute atomic E-state index is 5.83. The van der Waals surface area contributed by atoms with Crippen molar-refractivity contribution < 1.29 is 0 Å². The van der Waals surface area contributed by atoms with Crippen LogP contribution in [-0.2, 0) is 0 Å². The first kappa shape index (κ1) is 12.3. The van der Waals surface area contributed by atoms with Gasteiger partial charge in [0, 0.05) is 18.5 Å². The Morgan fingerprint density at radius 2 is 1.86 bits per heavy atom. The molecule has 0 heterocycles. The Labute approximate surface area is 93.8 Å². The van der Waals surface area contributed by atoms with Gasteiger partial charge in [0.2, 0.25) is 0 Å². The molecule has 1 aliphatic carbocycles. The quantitative estimate of drug-likeness (QED) is 0.653. The molecule has 0 spiro atoms. The van der Waals surface area contributed by atoms with Crippen LogP contribution in [0.3, 0.4) is 0 Å². The maximum atomic E-state index is 5.83. The lowest BCUT2D eigenvalue weighted by atomic mass is 9.86. The molecule has 1 aliphatic rings. The fourth-order valence-corrected chi connectivity index (χ4v) is 2.47. The lowest BCUT2D eigenvalue weighted by molar-refractivity contribution is 0.156. The Kier molecular flexibility index (Phi) is 5.25. The second-order valence-electron chi connectivity index (χ2n) is 5.11. The third-order valence-corrected chi connectivity index (χ3v) is 4.00. The Bertz CT molecular complexity index is 152. The highest BCUT2D eigenvalue weighted by Gasteiger charge is 2.22. The molecule has 1 saturated carbocycles. The summed E-state index contributed by atoms with van der Waals surface area (Å²) in [6, 6.07) is 0.817. The highest BCUT2D eigenvalue weighted by Crippen LogP contribution is 2.26. The molecule has 84 valence electrons. The van der Waals surface area contributed by atoms with Gasteiger partial charge in [-0.3, -0.25) is 0 Å². The van der Waals surface area contributed by atoms with Crippen LogP contribution in [0.5, 0.6) is 0 Å². The first-order valence-corrected chi connectivity index (χ1v) is 6.43. The summed E-state index contributed by atoms with van der Waals surface area (Å²) < 4.78 is 0. The van der Waals surface area contributed by atoms with Gasteiger partial charge in [-0.1, -0.05) is 13.8 Å². The van der Waals surface area contributed by atoms with Gasteiger partial charge >= 0.3 is 0 Å². The number of rotatable bonds is 4. The van der Waals surface area contributed by atoms with Gasteiger partial charge < -0.3 is 4.90 Å². The van der Waals surface area contributed by atoms with Crippen molar-refractivity contribution in [1.29, 1.82) is 0 Å². The lowest BCUT2D eigenvalue weighted by Crippen LogP contribution is -2.37. The van der Waals surface area contributed by atoms with Crippen molar-refractivity contribution >= 4 is 11.6 Å². The van der Waals surface area contributed by atoms with E-state index in [4.69, 9.17) is 11.6 Å². The molecular weight excluding hydrogens is 194 g/mol. The van der Waals surface area contributed by atoms with Crippen LogP contribution in [0, 0.1) is 11.8 Å². The van der Waals surface area contributed by atoms with E-state index in [9.17, 15) is 0 Å². The fraction of sp³-hybridized carbons (Fsp3) is 1.00. The van der Waals surface area contributed by atoms with E-state index in [0.29, 0.717) is 5.92 Å². The van der Waals surface area contributed by atoms with Crippen molar-refractivity contribution in [2.45, 2.75) is 45.6 Å². The normalized spacial score (nSPS) is 30.6. The van der Waals surface area contributed by atoms with Gasteiger partial charge in [-0.2, -0.15) is 0 Å². The smallest absolute Gasteiger partial charge is 0.0261 e. The molecule has 1 nitrogen and oxygen atoms in total. The molecule has 1 unspecified atom stereocenters. The van der Waals surface area contributed by atoms with E-state index >= 15 is 0 Å². The summed E-state index contributed by atoms with van der Waals surface area (Å²) in [5.41, 5.74) is 0. The van der Waals surface area contributed by atoms with Gasteiger partial charge in [0.25, 0.3) is 0 Å². The number of nitrogens with zero attached hydrogens (tertiary/aromatic N) is 1. The summed E-state index contributed by atoms with van der Waals surface area (Å²) in [5.74, 6) is 2.36. The molecule has 0 radical (unpaired) electrons. The summed E-state index contributed by atoms with van der Waals surface area (Å²) in [6.45, 7) is 5.76. The topological polar surface area (TPSA) is 3.24 Å². The summed E-state index contributed by atoms with van der Waals surface area (Å²) in [6.07, 6.45) is 5.58. The van der Waals surface area contributed by atoms with E-state index in [1.54, 1.807) is 0 Å². The summed E-state index contributed by atoms with van der Waals surface area (Å²) >= 11 is 5.83. The molecule has 0 aromatic heterocycles. The third kappa shape index (κ3) is 3.78. The van der Waals surface area contributed by atoms with Crippen molar-refractivity contribution in [3.05, 3.63) is 0 Å². The third-order valence-electron chi connectivity index (χ3n) is 3.47. The minimum Gasteiger partial charge on any atom is -0.303 e. The standard InChI is InChI=1S/C12H24ClN/c1-10-4-6-12(7-5-10)14(3)9-11(2)8-13/h10-12H,4-9H2,1-3H3. The monoisotopic (exact) mass is 217 g/mol. The summed E-state index contributed by atoms with van der Waals surface area (Å²) in [5, 5.41) is 0. The second-order valence-corrected chi connectivity index (χ2v) is 5.42. The number of alkyl halides is 1. The van der Waals surface area contributed by atoms with Crippen LogP contribution in [0.1, 0.15) is 39.5 Å². The van der Waals surface area contributed by atoms with E-state index < -0.39 is 0 Å². The lowest BCUT2D eigenvalue weighted by Gasteiger charge is -2.34. The first-order chi connectivity index (χ1) is 6.63. The predicted molar refractivity (Wildman–Crippen MR) is 63.9 cm³/mol. The van der Waals surface area contributed by atoms with Crippen LogP contribution in [0.2, 0.25) is 0 Å². The largest absolute Gasteiger partial charge is 0.303 e. The zero-order valence-corrected chi connectivity index (χ0v) is 10.6. The Hall–Kier alpha value is 0.250. The van der Waals surface area contributed by atoms with Gasteiger partial charge in [0.15, 0.2) is 0 Å². The number of halogens is 1. The zero-order valence-electron chi connectivity index (χ0n) is 9.80. The van der Waals surface area contributed by atoms with Crippen molar-refractivity contribution in [3.8, 4) is 0 Å². The van der Waals surface area contributed by atoms with Gasteiger partial charge in [-0.25, -0.2) is 0 Å². The molecule has 0 N–H and O–H groups in total. The Balaban J connectivity index is 2.26. The second kappa shape index (κ2) is 5.97. The molecule has 1 fully saturated rings. The van der Waals surface area contributed by atoms with Crippen LogP contribution < -0.4 is 0 Å².